The lowest BCUT2D eigenvalue weighted by Gasteiger charge is -2.21. The van der Waals surface area contributed by atoms with E-state index >= 15 is 0 Å². The molecule has 2 rings (SSSR count). The second-order valence-corrected chi connectivity index (χ2v) is 6.97. The fraction of sp³-hybridized carbons (Fsp3) is 0.333. The molecule has 2 aromatic carbocycles. The van der Waals surface area contributed by atoms with E-state index in [2.05, 4.69) is 0 Å². The summed E-state index contributed by atoms with van der Waals surface area (Å²) in [6.45, 7) is 4.76. The number of phenolic OH excluding ortho intramolecular Hbond substituents is 1. The van der Waals surface area contributed by atoms with E-state index in [1.54, 1.807) is 24.3 Å². The molecule has 0 heterocycles. The van der Waals surface area contributed by atoms with Crippen LogP contribution in [0, 0.1) is 5.92 Å². The summed E-state index contributed by atoms with van der Waals surface area (Å²) < 4.78 is 0. The first kappa shape index (κ1) is 18.9. The monoisotopic (exact) mass is 340 g/mol. The standard InChI is InChI=1S/C21H24O4/c1-14(13-22)12-18(17-6-4-5-7-19(17)23)15-8-10-16(11-9-15)20(24)21(2,3)25/h4-11,13-14,18,23,25H,12H2,1-3H3. The summed E-state index contributed by atoms with van der Waals surface area (Å²) in [7, 11) is 0. The SMILES string of the molecule is CC(C=O)CC(c1ccc(C(=O)C(C)(C)O)cc1)c1ccccc1O. The van der Waals surface area contributed by atoms with Crippen LogP contribution >= 0.6 is 0 Å². The normalized spacial score (nSPS) is 13.9. The van der Waals surface area contributed by atoms with Crippen LogP contribution in [0.5, 0.6) is 5.75 Å². The Morgan fingerprint density at radius 2 is 1.72 bits per heavy atom. The van der Waals surface area contributed by atoms with Crippen molar-refractivity contribution in [3.8, 4) is 5.75 Å². The number of aliphatic hydroxyl groups is 1. The van der Waals surface area contributed by atoms with Crippen molar-refractivity contribution in [2.75, 3.05) is 0 Å². The van der Waals surface area contributed by atoms with E-state index in [4.69, 9.17) is 0 Å². The van der Waals surface area contributed by atoms with Crippen LogP contribution in [0.15, 0.2) is 48.5 Å². The summed E-state index contributed by atoms with van der Waals surface area (Å²) in [5.74, 6) is -0.489. The number of hydrogen-bond acceptors (Lipinski definition) is 4. The molecule has 4 nitrogen and oxygen atoms in total. The van der Waals surface area contributed by atoms with E-state index in [1.165, 1.54) is 13.8 Å². The molecule has 25 heavy (non-hydrogen) atoms. The van der Waals surface area contributed by atoms with Crippen LogP contribution in [0.3, 0.4) is 0 Å². The maximum Gasteiger partial charge on any atom is 0.193 e. The van der Waals surface area contributed by atoms with E-state index in [0.29, 0.717) is 12.0 Å². The average molecular weight is 340 g/mol. The minimum absolute atomic E-state index is 0.160. The van der Waals surface area contributed by atoms with E-state index in [1.807, 2.05) is 31.2 Å². The number of aldehydes is 1. The van der Waals surface area contributed by atoms with Gasteiger partial charge in [-0.2, -0.15) is 0 Å². The zero-order valence-corrected chi connectivity index (χ0v) is 14.8. The largest absolute Gasteiger partial charge is 0.508 e. The zero-order chi connectivity index (χ0) is 18.6. The Morgan fingerprint density at radius 3 is 2.24 bits per heavy atom. The van der Waals surface area contributed by atoms with Gasteiger partial charge in [-0.15, -0.1) is 0 Å². The van der Waals surface area contributed by atoms with Crippen LogP contribution in [0.4, 0.5) is 0 Å². The lowest BCUT2D eigenvalue weighted by molar-refractivity contribution is -0.110. The molecule has 2 N–H and O–H groups in total. The number of hydrogen-bond donors (Lipinski definition) is 2. The van der Waals surface area contributed by atoms with Gasteiger partial charge in [-0.25, -0.2) is 0 Å². The third-order valence-corrected chi connectivity index (χ3v) is 4.28. The molecule has 0 bridgehead atoms. The molecule has 2 unspecified atom stereocenters. The van der Waals surface area contributed by atoms with E-state index in [9.17, 15) is 19.8 Å². The Morgan fingerprint density at radius 1 is 1.12 bits per heavy atom. The van der Waals surface area contributed by atoms with Crippen LogP contribution < -0.4 is 0 Å². The van der Waals surface area contributed by atoms with Gasteiger partial charge in [0.15, 0.2) is 5.78 Å². The third-order valence-electron chi connectivity index (χ3n) is 4.28. The first-order valence-corrected chi connectivity index (χ1v) is 8.34. The number of Topliss-reactive ketones (excluding diaryl/α,β-unsaturated/α-hetero) is 1. The molecule has 0 amide bonds. The molecule has 0 saturated heterocycles. The molecule has 2 atom stereocenters. The van der Waals surface area contributed by atoms with Gasteiger partial charge in [-0.05, 0) is 31.9 Å². The Kier molecular flexibility index (Phi) is 5.75. The lowest BCUT2D eigenvalue weighted by atomic mass is 9.83. The van der Waals surface area contributed by atoms with Gasteiger partial charge in [0.05, 0.1) is 0 Å². The summed E-state index contributed by atoms with van der Waals surface area (Å²) in [5.41, 5.74) is 0.654. The predicted molar refractivity (Wildman–Crippen MR) is 96.9 cm³/mol. The Labute approximate surface area is 148 Å². The summed E-state index contributed by atoms with van der Waals surface area (Å²) in [5, 5.41) is 20.1. The van der Waals surface area contributed by atoms with E-state index in [0.717, 1.165) is 17.4 Å². The van der Waals surface area contributed by atoms with Crippen molar-refractivity contribution in [3.63, 3.8) is 0 Å². The van der Waals surface area contributed by atoms with Gasteiger partial charge in [-0.3, -0.25) is 4.79 Å². The number of carbonyl (C=O) groups is 2. The van der Waals surface area contributed by atoms with Crippen molar-refractivity contribution >= 4 is 12.1 Å². The molecule has 4 heteroatoms. The Bertz CT molecular complexity index is 741. The van der Waals surface area contributed by atoms with Gasteiger partial charge in [0.25, 0.3) is 0 Å². The molecular formula is C21H24O4. The first-order chi connectivity index (χ1) is 11.7. The molecule has 2 aromatic rings. The van der Waals surface area contributed by atoms with E-state index in [-0.39, 0.29) is 23.4 Å². The van der Waals surface area contributed by atoms with Crippen molar-refractivity contribution < 1.29 is 19.8 Å². The molecule has 0 radical (unpaired) electrons. The number of benzene rings is 2. The highest BCUT2D eigenvalue weighted by Gasteiger charge is 2.26. The number of rotatable bonds is 7. The van der Waals surface area contributed by atoms with Gasteiger partial charge in [0, 0.05) is 23.0 Å². The highest BCUT2D eigenvalue weighted by Crippen LogP contribution is 2.35. The van der Waals surface area contributed by atoms with Gasteiger partial charge in [0.2, 0.25) is 0 Å². The molecule has 0 aliphatic carbocycles. The Hall–Kier alpha value is -2.46. The summed E-state index contributed by atoms with van der Waals surface area (Å²) in [6, 6.07) is 14.0. The molecule has 0 aliphatic heterocycles. The maximum absolute atomic E-state index is 12.2. The van der Waals surface area contributed by atoms with Gasteiger partial charge < -0.3 is 15.0 Å². The lowest BCUT2D eigenvalue weighted by Crippen LogP contribution is -2.31. The topological polar surface area (TPSA) is 74.6 Å². The number of ketones is 1. The summed E-state index contributed by atoms with van der Waals surface area (Å²) in [4.78, 5) is 23.3. The minimum Gasteiger partial charge on any atom is -0.508 e. The summed E-state index contributed by atoms with van der Waals surface area (Å²) >= 11 is 0. The minimum atomic E-state index is -1.43. The number of carbonyl (C=O) groups excluding carboxylic acids is 2. The number of phenols is 1. The molecule has 0 aliphatic rings. The molecular weight excluding hydrogens is 316 g/mol. The molecule has 132 valence electrons. The van der Waals surface area contributed by atoms with Gasteiger partial charge in [0.1, 0.15) is 17.6 Å². The molecule has 0 fully saturated rings. The highest BCUT2D eigenvalue weighted by molar-refractivity contribution is 6.01. The Balaban J connectivity index is 2.40. The highest BCUT2D eigenvalue weighted by atomic mass is 16.3. The summed E-state index contributed by atoms with van der Waals surface area (Å²) in [6.07, 6.45) is 1.46. The van der Waals surface area contributed by atoms with Gasteiger partial charge >= 0.3 is 0 Å². The zero-order valence-electron chi connectivity index (χ0n) is 14.8. The average Bonchev–Trinajstić information content (AvgIpc) is 2.59. The first-order valence-electron chi connectivity index (χ1n) is 8.34. The van der Waals surface area contributed by atoms with Crippen LogP contribution in [-0.2, 0) is 4.79 Å². The van der Waals surface area contributed by atoms with Crippen molar-refractivity contribution in [1.82, 2.24) is 0 Å². The van der Waals surface area contributed by atoms with Crippen molar-refractivity contribution in [2.45, 2.75) is 38.7 Å². The maximum atomic E-state index is 12.2. The van der Waals surface area contributed by atoms with Crippen LogP contribution in [0.1, 0.15) is 54.6 Å². The van der Waals surface area contributed by atoms with Crippen molar-refractivity contribution in [1.29, 1.82) is 0 Å². The fourth-order valence-corrected chi connectivity index (χ4v) is 2.87. The van der Waals surface area contributed by atoms with Crippen LogP contribution in [0.25, 0.3) is 0 Å². The number of para-hydroxylation sites is 1. The molecule has 0 saturated carbocycles. The second-order valence-electron chi connectivity index (χ2n) is 6.97. The molecule has 0 spiro atoms. The van der Waals surface area contributed by atoms with Crippen LogP contribution in [0.2, 0.25) is 0 Å². The fourth-order valence-electron chi connectivity index (χ4n) is 2.87. The van der Waals surface area contributed by atoms with E-state index < -0.39 is 5.60 Å². The van der Waals surface area contributed by atoms with Crippen molar-refractivity contribution in [2.24, 2.45) is 5.92 Å². The smallest absolute Gasteiger partial charge is 0.193 e. The molecule has 0 aromatic heterocycles. The van der Waals surface area contributed by atoms with Gasteiger partial charge in [-0.1, -0.05) is 49.4 Å². The second kappa shape index (κ2) is 7.62. The number of aromatic hydroxyl groups is 1. The third kappa shape index (κ3) is 4.54. The predicted octanol–water partition coefficient (Wildman–Crippen LogP) is 3.70. The van der Waals surface area contributed by atoms with Crippen molar-refractivity contribution in [3.05, 3.63) is 65.2 Å². The quantitative estimate of drug-likeness (QED) is 0.595. The van der Waals surface area contributed by atoms with Crippen LogP contribution in [-0.4, -0.2) is 27.9 Å².